The van der Waals surface area contributed by atoms with Crippen LogP contribution in [0.1, 0.15) is 17.4 Å². The Morgan fingerprint density at radius 3 is 2.71 bits per heavy atom. The summed E-state index contributed by atoms with van der Waals surface area (Å²) in [6, 6.07) is 4.61. The van der Waals surface area contributed by atoms with Gasteiger partial charge in [0.05, 0.1) is 14.9 Å². The van der Waals surface area contributed by atoms with E-state index in [1.165, 1.54) is 13.0 Å². The van der Waals surface area contributed by atoms with Crippen LogP contribution in [0, 0.1) is 5.82 Å². The number of aromatic nitrogens is 1. The predicted octanol–water partition coefficient (Wildman–Crippen LogP) is 4.46. The molecule has 0 aliphatic heterocycles. The molecular formula is C11H6Cl2FNOS. The molecule has 0 spiro atoms. The molecule has 0 aliphatic carbocycles. The average molecular weight is 290 g/mol. The molecule has 1 aromatic heterocycles. The van der Waals surface area contributed by atoms with Crippen molar-refractivity contribution in [3.63, 3.8) is 0 Å². The van der Waals surface area contributed by atoms with E-state index in [2.05, 4.69) is 4.37 Å². The monoisotopic (exact) mass is 289 g/mol. The van der Waals surface area contributed by atoms with Gasteiger partial charge in [-0.25, -0.2) is 4.39 Å². The third-order valence-corrected chi connectivity index (χ3v) is 3.82. The molecule has 2 aromatic rings. The number of ketones is 1. The number of carbonyl (C=O) groups excluding carboxylic acids is 1. The fourth-order valence-corrected chi connectivity index (χ4v) is 2.78. The lowest BCUT2D eigenvalue weighted by atomic mass is 10.1. The molecule has 0 bridgehead atoms. The van der Waals surface area contributed by atoms with Gasteiger partial charge in [-0.2, -0.15) is 4.37 Å². The molecule has 0 amide bonds. The maximum Gasteiger partial charge on any atom is 0.180 e. The summed E-state index contributed by atoms with van der Waals surface area (Å²) in [5.41, 5.74) is 0.415. The van der Waals surface area contributed by atoms with E-state index in [4.69, 9.17) is 23.2 Å². The third-order valence-electron chi connectivity index (χ3n) is 2.17. The number of rotatable bonds is 2. The number of hydrogen-bond acceptors (Lipinski definition) is 3. The van der Waals surface area contributed by atoms with Gasteiger partial charge in [0.2, 0.25) is 0 Å². The van der Waals surface area contributed by atoms with Gasteiger partial charge in [0.25, 0.3) is 0 Å². The maximum atomic E-state index is 13.8. The van der Waals surface area contributed by atoms with Crippen LogP contribution in [-0.2, 0) is 0 Å². The van der Waals surface area contributed by atoms with Crippen LogP contribution in [0.2, 0.25) is 10.0 Å². The Balaban J connectivity index is 2.62. The number of Topliss-reactive ketones (excluding diaryl/α,β-unsaturated/α-hetero) is 1. The second-order valence-corrected chi connectivity index (χ2v) is 4.89. The van der Waals surface area contributed by atoms with Gasteiger partial charge >= 0.3 is 0 Å². The first-order valence-electron chi connectivity index (χ1n) is 4.63. The molecule has 2 rings (SSSR count). The molecule has 0 fully saturated rings. The van der Waals surface area contributed by atoms with Crippen LogP contribution >= 0.6 is 34.7 Å². The molecule has 0 unspecified atom stereocenters. The Labute approximate surface area is 111 Å². The van der Waals surface area contributed by atoms with Crippen LogP contribution in [0.25, 0.3) is 10.4 Å². The van der Waals surface area contributed by atoms with Gasteiger partial charge in [-0.3, -0.25) is 4.79 Å². The summed E-state index contributed by atoms with van der Waals surface area (Å²) in [5.74, 6) is -0.810. The van der Waals surface area contributed by atoms with Crippen molar-refractivity contribution in [1.82, 2.24) is 4.37 Å². The van der Waals surface area contributed by atoms with E-state index in [9.17, 15) is 9.18 Å². The summed E-state index contributed by atoms with van der Waals surface area (Å²) < 4.78 is 17.7. The van der Waals surface area contributed by atoms with Crippen LogP contribution in [0.4, 0.5) is 4.39 Å². The van der Waals surface area contributed by atoms with Crippen molar-refractivity contribution < 1.29 is 9.18 Å². The number of benzene rings is 1. The molecule has 0 saturated heterocycles. The SMILES string of the molecule is CC(=O)c1nsc(-c2cccc(Cl)c2F)c1Cl. The highest BCUT2D eigenvalue weighted by atomic mass is 35.5. The lowest BCUT2D eigenvalue weighted by Gasteiger charge is -2.01. The topological polar surface area (TPSA) is 30.0 Å². The first-order valence-corrected chi connectivity index (χ1v) is 6.15. The molecular weight excluding hydrogens is 284 g/mol. The largest absolute Gasteiger partial charge is 0.293 e. The number of nitrogens with zero attached hydrogens (tertiary/aromatic N) is 1. The molecule has 6 heteroatoms. The van der Waals surface area contributed by atoms with E-state index in [0.29, 0.717) is 4.88 Å². The van der Waals surface area contributed by atoms with Gasteiger partial charge in [-0.15, -0.1) is 0 Å². The van der Waals surface area contributed by atoms with E-state index < -0.39 is 5.82 Å². The maximum absolute atomic E-state index is 13.8. The molecule has 0 atom stereocenters. The van der Waals surface area contributed by atoms with Crippen molar-refractivity contribution >= 4 is 40.5 Å². The average Bonchev–Trinajstić information content (AvgIpc) is 2.64. The smallest absolute Gasteiger partial charge is 0.180 e. The fraction of sp³-hybridized carbons (Fsp3) is 0.0909. The molecule has 2 nitrogen and oxygen atoms in total. The zero-order valence-electron chi connectivity index (χ0n) is 8.63. The third kappa shape index (κ3) is 2.20. The van der Waals surface area contributed by atoms with Gasteiger partial charge in [0.15, 0.2) is 11.6 Å². The van der Waals surface area contributed by atoms with Gasteiger partial charge in [-0.1, -0.05) is 35.3 Å². The summed E-state index contributed by atoms with van der Waals surface area (Å²) >= 11 is 12.7. The standard InChI is InChI=1S/C11H6Cl2FNOS/c1-5(16)10-8(13)11(17-15-10)6-3-2-4-7(12)9(6)14/h2-4H,1H3. The van der Waals surface area contributed by atoms with Crippen LogP contribution in [0.15, 0.2) is 18.2 Å². The van der Waals surface area contributed by atoms with Gasteiger partial charge < -0.3 is 0 Å². The highest BCUT2D eigenvalue weighted by Gasteiger charge is 2.19. The summed E-state index contributed by atoms with van der Waals surface area (Å²) in [7, 11) is 0. The number of carbonyl (C=O) groups is 1. The molecule has 0 saturated carbocycles. The van der Waals surface area contributed by atoms with Crippen LogP contribution in [0.5, 0.6) is 0 Å². The fourth-order valence-electron chi connectivity index (χ4n) is 1.34. The number of halogens is 3. The molecule has 88 valence electrons. The van der Waals surface area contributed by atoms with Crippen LogP contribution in [0.3, 0.4) is 0 Å². The molecule has 1 aromatic carbocycles. The van der Waals surface area contributed by atoms with Crippen molar-refractivity contribution in [2.45, 2.75) is 6.92 Å². The Bertz CT molecular complexity index is 597. The van der Waals surface area contributed by atoms with E-state index in [-0.39, 0.29) is 27.1 Å². The van der Waals surface area contributed by atoms with E-state index >= 15 is 0 Å². The lowest BCUT2D eigenvalue weighted by molar-refractivity contribution is 0.101. The van der Waals surface area contributed by atoms with Crippen LogP contribution in [-0.4, -0.2) is 10.2 Å². The lowest BCUT2D eigenvalue weighted by Crippen LogP contribution is -1.92. The van der Waals surface area contributed by atoms with E-state index in [0.717, 1.165) is 11.5 Å². The molecule has 0 aliphatic rings. The molecule has 0 radical (unpaired) electrons. The second-order valence-electron chi connectivity index (χ2n) is 3.33. The highest BCUT2D eigenvalue weighted by Crippen LogP contribution is 2.37. The van der Waals surface area contributed by atoms with Crippen molar-refractivity contribution in [2.75, 3.05) is 0 Å². The summed E-state index contributed by atoms with van der Waals surface area (Å²) in [4.78, 5) is 11.6. The van der Waals surface area contributed by atoms with Gasteiger partial charge in [0.1, 0.15) is 5.69 Å². The molecule has 0 N–H and O–H groups in total. The Morgan fingerprint density at radius 2 is 2.12 bits per heavy atom. The second kappa shape index (κ2) is 4.72. The van der Waals surface area contributed by atoms with Gasteiger partial charge in [-0.05, 0) is 17.6 Å². The predicted molar refractivity (Wildman–Crippen MR) is 67.5 cm³/mol. The summed E-state index contributed by atoms with van der Waals surface area (Å²) in [6.45, 7) is 1.36. The zero-order valence-corrected chi connectivity index (χ0v) is 11.0. The van der Waals surface area contributed by atoms with E-state index in [1.807, 2.05) is 0 Å². The van der Waals surface area contributed by atoms with Gasteiger partial charge in [0, 0.05) is 12.5 Å². The first kappa shape index (κ1) is 12.5. The highest BCUT2D eigenvalue weighted by molar-refractivity contribution is 7.10. The molecule has 1 heterocycles. The summed E-state index contributed by atoms with van der Waals surface area (Å²) in [6.07, 6.45) is 0. The zero-order chi connectivity index (χ0) is 12.6. The van der Waals surface area contributed by atoms with Crippen molar-refractivity contribution in [1.29, 1.82) is 0 Å². The first-order chi connectivity index (χ1) is 8.02. The quantitative estimate of drug-likeness (QED) is 0.764. The minimum Gasteiger partial charge on any atom is -0.293 e. The van der Waals surface area contributed by atoms with Crippen LogP contribution < -0.4 is 0 Å². The normalized spacial score (nSPS) is 10.6. The Morgan fingerprint density at radius 1 is 1.41 bits per heavy atom. The number of hydrogen-bond donors (Lipinski definition) is 0. The molecule has 17 heavy (non-hydrogen) atoms. The Hall–Kier alpha value is -0.970. The Kier molecular flexibility index (Phi) is 3.47. The van der Waals surface area contributed by atoms with Crippen molar-refractivity contribution in [3.05, 3.63) is 39.8 Å². The van der Waals surface area contributed by atoms with Crippen molar-refractivity contribution in [3.8, 4) is 10.4 Å². The minimum atomic E-state index is -0.560. The van der Waals surface area contributed by atoms with Crippen molar-refractivity contribution in [2.24, 2.45) is 0 Å². The minimum absolute atomic E-state index is 0.0105. The van der Waals surface area contributed by atoms with E-state index in [1.54, 1.807) is 12.1 Å². The summed E-state index contributed by atoms with van der Waals surface area (Å²) in [5, 5.41) is 0.181.